The van der Waals surface area contributed by atoms with Gasteiger partial charge in [-0.15, -0.1) is 24.8 Å². The summed E-state index contributed by atoms with van der Waals surface area (Å²) in [6.07, 6.45) is 4.61. The van der Waals surface area contributed by atoms with Gasteiger partial charge in [0.15, 0.2) is 0 Å². The molecule has 154 valence electrons. The molecule has 1 saturated heterocycles. The van der Waals surface area contributed by atoms with Gasteiger partial charge in [-0.2, -0.15) is 0 Å². The second-order valence-electron chi connectivity index (χ2n) is 6.94. The van der Waals surface area contributed by atoms with E-state index in [0.29, 0.717) is 17.3 Å². The third-order valence-electron chi connectivity index (χ3n) is 5.20. The minimum Gasteiger partial charge on any atom is -0.390 e. The molecule has 7 heteroatoms. The number of carbonyl (C=O) groups excluding carboxylic acids is 1. The summed E-state index contributed by atoms with van der Waals surface area (Å²) >= 11 is 0. The fourth-order valence-electron chi connectivity index (χ4n) is 3.47. The predicted molar refractivity (Wildman–Crippen MR) is 116 cm³/mol. The van der Waals surface area contributed by atoms with Crippen LogP contribution in [-0.4, -0.2) is 58.5 Å². The zero-order valence-corrected chi connectivity index (χ0v) is 17.8. The van der Waals surface area contributed by atoms with Gasteiger partial charge in [0.1, 0.15) is 0 Å². The molecule has 2 heterocycles. The van der Waals surface area contributed by atoms with Crippen LogP contribution in [0.5, 0.6) is 0 Å². The minimum absolute atomic E-state index is 0. The molecule has 0 saturated carbocycles. The molecule has 5 nitrogen and oxygen atoms in total. The van der Waals surface area contributed by atoms with Crippen molar-refractivity contribution in [2.75, 3.05) is 26.7 Å². The van der Waals surface area contributed by atoms with Crippen molar-refractivity contribution >= 4 is 30.7 Å². The van der Waals surface area contributed by atoms with E-state index in [1.54, 1.807) is 18.3 Å². The SMILES string of the molecule is CN(CCc1ccccc1)C1CCN(C(=O)c2ccc(CO)nc2)CC1.Cl.Cl. The summed E-state index contributed by atoms with van der Waals surface area (Å²) in [5.74, 6) is 0.0346. The molecular weight excluding hydrogens is 397 g/mol. The zero-order valence-electron chi connectivity index (χ0n) is 16.2. The Morgan fingerprint density at radius 1 is 1.14 bits per heavy atom. The summed E-state index contributed by atoms with van der Waals surface area (Å²) in [7, 11) is 2.18. The quantitative estimate of drug-likeness (QED) is 0.771. The third-order valence-corrected chi connectivity index (χ3v) is 5.20. The van der Waals surface area contributed by atoms with Gasteiger partial charge < -0.3 is 14.9 Å². The number of hydrogen-bond acceptors (Lipinski definition) is 4. The second-order valence-corrected chi connectivity index (χ2v) is 6.94. The Morgan fingerprint density at radius 2 is 1.82 bits per heavy atom. The Hall–Kier alpha value is -1.66. The molecule has 0 bridgehead atoms. The fourth-order valence-corrected chi connectivity index (χ4v) is 3.47. The standard InChI is InChI=1S/C21H27N3O2.2ClH/c1-23(12-9-17-5-3-2-4-6-17)20-10-13-24(14-11-20)21(26)18-7-8-19(16-25)22-15-18;;/h2-8,15,20,25H,9-14,16H2,1H3;2*1H. The van der Waals surface area contributed by atoms with Crippen LogP contribution in [0, 0.1) is 0 Å². The van der Waals surface area contributed by atoms with Crippen LogP contribution in [0.1, 0.15) is 34.5 Å². The largest absolute Gasteiger partial charge is 0.390 e. The van der Waals surface area contributed by atoms with Crippen molar-refractivity contribution < 1.29 is 9.90 Å². The highest BCUT2D eigenvalue weighted by Crippen LogP contribution is 2.18. The fraction of sp³-hybridized carbons (Fsp3) is 0.429. The molecule has 1 fully saturated rings. The van der Waals surface area contributed by atoms with E-state index >= 15 is 0 Å². The lowest BCUT2D eigenvalue weighted by molar-refractivity contribution is 0.0646. The number of likely N-dealkylation sites (tertiary alicyclic amines) is 1. The van der Waals surface area contributed by atoms with Crippen LogP contribution in [0.4, 0.5) is 0 Å². The zero-order chi connectivity index (χ0) is 18.4. The van der Waals surface area contributed by atoms with Crippen LogP contribution >= 0.6 is 24.8 Å². The maximum absolute atomic E-state index is 12.6. The average molecular weight is 426 g/mol. The number of carbonyl (C=O) groups is 1. The molecule has 0 atom stereocenters. The molecule has 1 aromatic carbocycles. The predicted octanol–water partition coefficient (Wildman–Crippen LogP) is 3.20. The Bertz CT molecular complexity index is 705. The van der Waals surface area contributed by atoms with E-state index in [0.717, 1.165) is 38.9 Å². The number of aliphatic hydroxyl groups is 1. The van der Waals surface area contributed by atoms with Gasteiger partial charge in [-0.1, -0.05) is 30.3 Å². The Morgan fingerprint density at radius 3 is 2.39 bits per heavy atom. The summed E-state index contributed by atoms with van der Waals surface area (Å²) < 4.78 is 0. The van der Waals surface area contributed by atoms with Crippen molar-refractivity contribution in [1.82, 2.24) is 14.8 Å². The molecule has 3 rings (SSSR count). The molecule has 2 aromatic rings. The minimum atomic E-state index is -0.102. The van der Waals surface area contributed by atoms with E-state index in [1.165, 1.54) is 5.56 Å². The first-order valence-corrected chi connectivity index (χ1v) is 9.26. The number of likely N-dealkylation sites (N-methyl/N-ethyl adjacent to an activating group) is 1. The van der Waals surface area contributed by atoms with Crippen molar-refractivity contribution in [1.29, 1.82) is 0 Å². The van der Waals surface area contributed by atoms with Gasteiger partial charge >= 0.3 is 0 Å². The van der Waals surface area contributed by atoms with Gasteiger partial charge in [0.2, 0.25) is 0 Å². The van der Waals surface area contributed by atoms with Gasteiger partial charge in [0, 0.05) is 31.9 Å². The summed E-state index contributed by atoms with van der Waals surface area (Å²) in [6, 6.07) is 14.5. The molecule has 1 amide bonds. The number of halogens is 2. The van der Waals surface area contributed by atoms with E-state index in [1.807, 2.05) is 11.0 Å². The van der Waals surface area contributed by atoms with Gasteiger partial charge in [-0.05, 0) is 44.0 Å². The van der Waals surface area contributed by atoms with Crippen molar-refractivity contribution in [2.24, 2.45) is 0 Å². The molecule has 1 aliphatic rings. The second kappa shape index (κ2) is 12.0. The normalized spacial score (nSPS) is 14.3. The Balaban J connectivity index is 0.00000196. The highest BCUT2D eigenvalue weighted by Gasteiger charge is 2.25. The number of amides is 1. The number of nitrogens with zero attached hydrogens (tertiary/aromatic N) is 3. The highest BCUT2D eigenvalue weighted by molar-refractivity contribution is 5.94. The number of piperidine rings is 1. The smallest absolute Gasteiger partial charge is 0.255 e. The molecule has 0 spiro atoms. The average Bonchev–Trinajstić information content (AvgIpc) is 2.72. The van der Waals surface area contributed by atoms with E-state index in [4.69, 9.17) is 5.11 Å². The van der Waals surface area contributed by atoms with Crippen LogP contribution in [0.15, 0.2) is 48.7 Å². The first-order valence-electron chi connectivity index (χ1n) is 9.26. The first-order chi connectivity index (χ1) is 12.7. The van der Waals surface area contributed by atoms with Crippen LogP contribution < -0.4 is 0 Å². The lowest BCUT2D eigenvalue weighted by atomic mass is 10.0. The third kappa shape index (κ3) is 6.45. The number of aliphatic hydroxyl groups excluding tert-OH is 1. The molecule has 0 aliphatic carbocycles. The molecular formula is C21H29Cl2N3O2. The molecule has 1 aliphatic heterocycles. The van der Waals surface area contributed by atoms with Crippen molar-refractivity contribution in [3.05, 3.63) is 65.5 Å². The molecule has 1 aromatic heterocycles. The lowest BCUT2D eigenvalue weighted by Crippen LogP contribution is -2.46. The summed E-state index contributed by atoms with van der Waals surface area (Å²) in [4.78, 5) is 21.0. The number of aromatic nitrogens is 1. The van der Waals surface area contributed by atoms with Crippen LogP contribution in [0.3, 0.4) is 0 Å². The van der Waals surface area contributed by atoms with Crippen LogP contribution in [0.25, 0.3) is 0 Å². The van der Waals surface area contributed by atoms with Crippen LogP contribution in [0.2, 0.25) is 0 Å². The molecule has 28 heavy (non-hydrogen) atoms. The number of hydrogen-bond donors (Lipinski definition) is 1. The van der Waals surface area contributed by atoms with Gasteiger partial charge in [-0.3, -0.25) is 9.78 Å². The maximum Gasteiger partial charge on any atom is 0.255 e. The maximum atomic E-state index is 12.6. The number of pyridine rings is 1. The highest BCUT2D eigenvalue weighted by atomic mass is 35.5. The molecule has 0 radical (unpaired) electrons. The summed E-state index contributed by atoms with van der Waals surface area (Å²) in [6.45, 7) is 2.49. The summed E-state index contributed by atoms with van der Waals surface area (Å²) in [5, 5.41) is 9.05. The Kier molecular flexibility index (Phi) is 10.5. The van der Waals surface area contributed by atoms with E-state index in [9.17, 15) is 4.79 Å². The van der Waals surface area contributed by atoms with E-state index in [-0.39, 0.29) is 37.3 Å². The number of benzene rings is 1. The molecule has 0 unspecified atom stereocenters. The van der Waals surface area contributed by atoms with Crippen molar-refractivity contribution in [2.45, 2.75) is 31.9 Å². The number of rotatable bonds is 6. The first kappa shape index (κ1) is 24.4. The summed E-state index contributed by atoms with van der Waals surface area (Å²) in [5.41, 5.74) is 2.55. The van der Waals surface area contributed by atoms with Gasteiger partial charge in [0.05, 0.1) is 17.9 Å². The monoisotopic (exact) mass is 425 g/mol. The Labute approximate surface area is 179 Å². The van der Waals surface area contributed by atoms with E-state index < -0.39 is 0 Å². The molecule has 1 N–H and O–H groups in total. The van der Waals surface area contributed by atoms with Crippen molar-refractivity contribution in [3.8, 4) is 0 Å². The van der Waals surface area contributed by atoms with Gasteiger partial charge in [0.25, 0.3) is 5.91 Å². The lowest BCUT2D eigenvalue weighted by Gasteiger charge is -2.36. The van der Waals surface area contributed by atoms with E-state index in [2.05, 4.69) is 41.2 Å². The van der Waals surface area contributed by atoms with Gasteiger partial charge in [-0.25, -0.2) is 0 Å². The van der Waals surface area contributed by atoms with Crippen molar-refractivity contribution in [3.63, 3.8) is 0 Å². The van der Waals surface area contributed by atoms with Crippen LogP contribution in [-0.2, 0) is 13.0 Å². The topological polar surface area (TPSA) is 56.7 Å².